The van der Waals surface area contributed by atoms with Gasteiger partial charge in [-0.1, -0.05) is 6.92 Å². The Hall–Kier alpha value is -1.32. The molecule has 0 unspecified atom stereocenters. The van der Waals surface area contributed by atoms with Crippen LogP contribution in [0.4, 0.5) is 5.69 Å². The number of hydrogen-bond acceptors (Lipinski definition) is 3. The van der Waals surface area contributed by atoms with Crippen molar-refractivity contribution in [1.29, 1.82) is 0 Å². The van der Waals surface area contributed by atoms with Gasteiger partial charge in [0.1, 0.15) is 0 Å². The van der Waals surface area contributed by atoms with Gasteiger partial charge in [-0.15, -0.1) is 0 Å². The third-order valence-corrected chi connectivity index (χ3v) is 1.25. The second-order valence-corrected chi connectivity index (χ2v) is 2.23. The van der Waals surface area contributed by atoms with Gasteiger partial charge in [0.25, 0.3) is 0 Å². The van der Waals surface area contributed by atoms with E-state index in [2.05, 4.69) is 22.2 Å². The number of aromatic amines is 1. The second-order valence-electron chi connectivity index (χ2n) is 2.23. The van der Waals surface area contributed by atoms with Crippen LogP contribution in [0, 0.1) is 0 Å². The molecule has 0 saturated carbocycles. The number of nitrogens with zero attached hydrogens (tertiary/aromatic N) is 1. The number of aromatic nitrogens is 2. The average molecular weight is 153 g/mol. The summed E-state index contributed by atoms with van der Waals surface area (Å²) in [6, 6.07) is 0. The van der Waals surface area contributed by atoms with Crippen LogP contribution in [0.25, 0.3) is 0 Å². The topological polar surface area (TPSA) is 57.8 Å². The molecular weight excluding hydrogens is 142 g/mol. The Morgan fingerprint density at radius 2 is 2.55 bits per heavy atom. The van der Waals surface area contributed by atoms with Gasteiger partial charge >= 0.3 is 5.69 Å². The molecule has 4 heteroatoms. The molecule has 4 nitrogen and oxygen atoms in total. The molecule has 11 heavy (non-hydrogen) atoms. The standard InChI is InChI=1S/C7H11N3O/c1-2-3-8-6-4-9-7(11)10-5-6/h4-5,8H,2-3H2,1H3,(H,9,10,11). The third kappa shape index (κ3) is 2.41. The largest absolute Gasteiger partial charge is 0.383 e. The Balaban J connectivity index is 2.59. The van der Waals surface area contributed by atoms with Crippen molar-refractivity contribution in [3.63, 3.8) is 0 Å². The quantitative estimate of drug-likeness (QED) is 0.668. The smallest absolute Gasteiger partial charge is 0.345 e. The summed E-state index contributed by atoms with van der Waals surface area (Å²) in [6.45, 7) is 2.97. The molecule has 0 bridgehead atoms. The van der Waals surface area contributed by atoms with Gasteiger partial charge in [-0.05, 0) is 6.42 Å². The predicted octanol–water partition coefficient (Wildman–Crippen LogP) is 0.592. The molecule has 0 atom stereocenters. The molecule has 60 valence electrons. The summed E-state index contributed by atoms with van der Waals surface area (Å²) in [5, 5.41) is 3.09. The average Bonchev–Trinajstić information content (AvgIpc) is 2.04. The van der Waals surface area contributed by atoms with Gasteiger partial charge in [-0.3, -0.25) is 0 Å². The first kappa shape index (κ1) is 7.78. The van der Waals surface area contributed by atoms with Crippen LogP contribution in [-0.2, 0) is 0 Å². The molecule has 0 radical (unpaired) electrons. The van der Waals surface area contributed by atoms with Gasteiger partial charge < -0.3 is 10.3 Å². The fraction of sp³-hybridized carbons (Fsp3) is 0.429. The van der Waals surface area contributed by atoms with Crippen molar-refractivity contribution in [2.45, 2.75) is 13.3 Å². The first-order valence-electron chi connectivity index (χ1n) is 3.61. The van der Waals surface area contributed by atoms with Crippen LogP contribution in [0.1, 0.15) is 13.3 Å². The Morgan fingerprint density at radius 1 is 1.73 bits per heavy atom. The minimum atomic E-state index is -0.313. The van der Waals surface area contributed by atoms with Gasteiger partial charge in [0, 0.05) is 12.7 Å². The Kier molecular flexibility index (Phi) is 2.66. The third-order valence-electron chi connectivity index (χ3n) is 1.25. The maximum atomic E-state index is 10.5. The molecule has 1 aromatic heterocycles. The Labute approximate surface area is 64.7 Å². The van der Waals surface area contributed by atoms with Crippen LogP contribution in [0.5, 0.6) is 0 Å². The van der Waals surface area contributed by atoms with E-state index in [1.165, 1.54) is 6.20 Å². The number of rotatable bonds is 3. The molecule has 0 aliphatic heterocycles. The SMILES string of the molecule is CCCNc1cnc(=O)[nH]c1. The molecule has 0 amide bonds. The maximum absolute atomic E-state index is 10.5. The van der Waals surface area contributed by atoms with Gasteiger partial charge in [0.2, 0.25) is 0 Å². The zero-order valence-corrected chi connectivity index (χ0v) is 6.42. The van der Waals surface area contributed by atoms with Crippen LogP contribution in [0.2, 0.25) is 0 Å². The molecule has 1 heterocycles. The van der Waals surface area contributed by atoms with Crippen LogP contribution < -0.4 is 11.0 Å². The van der Waals surface area contributed by atoms with Crippen LogP contribution in [0.3, 0.4) is 0 Å². The van der Waals surface area contributed by atoms with E-state index in [0.717, 1.165) is 18.7 Å². The molecule has 0 fully saturated rings. The highest BCUT2D eigenvalue weighted by molar-refractivity contribution is 5.36. The van der Waals surface area contributed by atoms with Crippen molar-refractivity contribution in [3.05, 3.63) is 22.9 Å². The van der Waals surface area contributed by atoms with Crippen molar-refractivity contribution < 1.29 is 0 Å². The highest BCUT2D eigenvalue weighted by Crippen LogP contribution is 1.97. The first-order chi connectivity index (χ1) is 5.33. The lowest BCUT2D eigenvalue weighted by Crippen LogP contribution is -2.10. The van der Waals surface area contributed by atoms with Crippen molar-refractivity contribution in [2.24, 2.45) is 0 Å². The number of H-pyrrole nitrogens is 1. The van der Waals surface area contributed by atoms with Gasteiger partial charge in [-0.25, -0.2) is 4.79 Å². The summed E-state index contributed by atoms with van der Waals surface area (Å²) < 4.78 is 0. The number of nitrogens with one attached hydrogen (secondary N) is 2. The van der Waals surface area contributed by atoms with E-state index in [9.17, 15) is 4.79 Å². The zero-order valence-electron chi connectivity index (χ0n) is 6.42. The van der Waals surface area contributed by atoms with E-state index in [0.29, 0.717) is 0 Å². The fourth-order valence-corrected chi connectivity index (χ4v) is 0.708. The highest BCUT2D eigenvalue weighted by atomic mass is 16.1. The highest BCUT2D eigenvalue weighted by Gasteiger charge is 1.88. The lowest BCUT2D eigenvalue weighted by molar-refractivity contribution is 0.967. The Bertz CT molecular complexity index is 248. The van der Waals surface area contributed by atoms with Gasteiger partial charge in [-0.2, -0.15) is 4.98 Å². The lowest BCUT2D eigenvalue weighted by Gasteiger charge is -2.00. The summed E-state index contributed by atoms with van der Waals surface area (Å²) in [5.41, 5.74) is 0.540. The van der Waals surface area contributed by atoms with Gasteiger partial charge in [0.05, 0.1) is 11.9 Å². The van der Waals surface area contributed by atoms with Crippen molar-refractivity contribution in [1.82, 2.24) is 9.97 Å². The van der Waals surface area contributed by atoms with Crippen molar-refractivity contribution >= 4 is 5.69 Å². The maximum Gasteiger partial charge on any atom is 0.345 e. The van der Waals surface area contributed by atoms with Crippen LogP contribution in [-0.4, -0.2) is 16.5 Å². The van der Waals surface area contributed by atoms with E-state index < -0.39 is 0 Å². The molecule has 0 saturated heterocycles. The predicted molar refractivity (Wildman–Crippen MR) is 43.6 cm³/mol. The molecule has 1 aromatic rings. The van der Waals surface area contributed by atoms with E-state index in [1.54, 1.807) is 6.20 Å². The summed E-state index contributed by atoms with van der Waals surface area (Å²) >= 11 is 0. The van der Waals surface area contributed by atoms with E-state index in [4.69, 9.17) is 0 Å². The van der Waals surface area contributed by atoms with E-state index in [1.807, 2.05) is 0 Å². The molecule has 1 rings (SSSR count). The minimum absolute atomic E-state index is 0.313. The summed E-state index contributed by atoms with van der Waals surface area (Å²) in [6.07, 6.45) is 4.19. The Morgan fingerprint density at radius 3 is 3.09 bits per heavy atom. The minimum Gasteiger partial charge on any atom is -0.383 e. The van der Waals surface area contributed by atoms with Gasteiger partial charge in [0.15, 0.2) is 0 Å². The fourth-order valence-electron chi connectivity index (χ4n) is 0.708. The summed E-state index contributed by atoms with van der Waals surface area (Å²) in [4.78, 5) is 16.5. The number of hydrogen-bond donors (Lipinski definition) is 2. The summed E-state index contributed by atoms with van der Waals surface area (Å²) in [5.74, 6) is 0. The van der Waals surface area contributed by atoms with Crippen LogP contribution in [0.15, 0.2) is 17.2 Å². The molecule has 0 aliphatic rings. The zero-order chi connectivity index (χ0) is 8.10. The van der Waals surface area contributed by atoms with E-state index in [-0.39, 0.29) is 5.69 Å². The van der Waals surface area contributed by atoms with Crippen molar-refractivity contribution in [3.8, 4) is 0 Å². The first-order valence-corrected chi connectivity index (χ1v) is 3.61. The second kappa shape index (κ2) is 3.75. The van der Waals surface area contributed by atoms with E-state index >= 15 is 0 Å². The molecule has 2 N–H and O–H groups in total. The monoisotopic (exact) mass is 153 g/mol. The van der Waals surface area contributed by atoms with Crippen LogP contribution >= 0.6 is 0 Å². The lowest BCUT2D eigenvalue weighted by atomic mass is 10.4. The molecule has 0 spiro atoms. The summed E-state index contributed by atoms with van der Waals surface area (Å²) in [7, 11) is 0. The normalized spacial score (nSPS) is 9.55. The molecule has 0 aliphatic carbocycles. The molecular formula is C7H11N3O. The van der Waals surface area contributed by atoms with Crippen molar-refractivity contribution in [2.75, 3.05) is 11.9 Å². The molecule has 0 aromatic carbocycles. The number of anilines is 1.